The fourth-order valence-electron chi connectivity index (χ4n) is 1.74. The molecule has 114 valence electrons. The first-order valence-corrected chi connectivity index (χ1v) is 9.62. The van der Waals surface area contributed by atoms with E-state index in [4.69, 9.17) is 0 Å². The number of thiophene rings is 1. The van der Waals surface area contributed by atoms with E-state index in [0.717, 1.165) is 5.56 Å². The molecule has 0 bridgehead atoms. The lowest BCUT2D eigenvalue weighted by molar-refractivity contribution is 0.589. The molecular formula is C14H17BrN2O2S2. The van der Waals surface area contributed by atoms with Crippen LogP contribution in [-0.2, 0) is 16.6 Å². The molecule has 0 spiro atoms. The summed E-state index contributed by atoms with van der Waals surface area (Å²) in [5.41, 5.74) is 1.60. The second kappa shape index (κ2) is 6.91. The minimum atomic E-state index is -3.55. The van der Waals surface area contributed by atoms with Gasteiger partial charge in [-0.3, -0.25) is 4.72 Å². The van der Waals surface area contributed by atoms with Crippen LogP contribution in [0.5, 0.6) is 0 Å². The molecule has 7 heteroatoms. The molecule has 1 aromatic heterocycles. The number of benzene rings is 1. The molecule has 0 aliphatic rings. The predicted octanol–water partition coefficient (Wildman–Crippen LogP) is 3.81. The van der Waals surface area contributed by atoms with Crippen molar-refractivity contribution in [2.24, 2.45) is 0 Å². The van der Waals surface area contributed by atoms with Crippen molar-refractivity contribution in [3.8, 4) is 0 Å². The zero-order valence-corrected chi connectivity index (χ0v) is 15.0. The second-order valence-corrected chi connectivity index (χ2v) is 8.55. The number of rotatable bonds is 6. The molecule has 0 radical (unpaired) electrons. The highest BCUT2D eigenvalue weighted by molar-refractivity contribution is 9.10. The maximum absolute atomic E-state index is 12.3. The molecule has 0 aliphatic carbocycles. The lowest BCUT2D eigenvalue weighted by Crippen LogP contribution is -2.21. The molecule has 0 fully saturated rings. The van der Waals surface area contributed by atoms with Gasteiger partial charge >= 0.3 is 0 Å². The maximum atomic E-state index is 12.3. The Bertz CT molecular complexity index is 711. The lowest BCUT2D eigenvalue weighted by atomic mass is 10.2. The van der Waals surface area contributed by atoms with E-state index in [1.165, 1.54) is 11.3 Å². The first-order valence-electron chi connectivity index (χ1n) is 6.46. The number of nitrogens with one attached hydrogen (secondary N) is 2. The van der Waals surface area contributed by atoms with Gasteiger partial charge in [-0.25, -0.2) is 8.42 Å². The minimum Gasteiger partial charge on any atom is -0.310 e. The monoisotopic (exact) mass is 388 g/mol. The molecule has 1 heterocycles. The average Bonchev–Trinajstić information content (AvgIpc) is 2.83. The highest BCUT2D eigenvalue weighted by Crippen LogP contribution is 2.29. The smallest absolute Gasteiger partial charge is 0.272 e. The fourth-order valence-corrected chi connectivity index (χ4v) is 5.13. The van der Waals surface area contributed by atoms with Crippen LogP contribution >= 0.6 is 27.3 Å². The third-order valence-corrected chi connectivity index (χ3v) is 6.77. The van der Waals surface area contributed by atoms with Gasteiger partial charge in [0.2, 0.25) is 0 Å². The molecule has 2 aromatic rings. The van der Waals surface area contributed by atoms with Crippen molar-refractivity contribution >= 4 is 43.0 Å². The van der Waals surface area contributed by atoms with E-state index in [1.807, 2.05) is 18.2 Å². The van der Waals surface area contributed by atoms with Crippen LogP contribution in [0, 0.1) is 0 Å². The van der Waals surface area contributed by atoms with E-state index in [-0.39, 0.29) is 4.21 Å². The van der Waals surface area contributed by atoms with Gasteiger partial charge in [-0.05, 0) is 45.1 Å². The molecule has 1 aromatic carbocycles. The van der Waals surface area contributed by atoms with Gasteiger partial charge in [-0.2, -0.15) is 0 Å². The lowest BCUT2D eigenvalue weighted by Gasteiger charge is -2.11. The summed E-state index contributed by atoms with van der Waals surface area (Å²) < 4.78 is 28.1. The summed E-state index contributed by atoms with van der Waals surface area (Å²) in [6, 6.07) is 9.51. The molecular weight excluding hydrogens is 372 g/mol. The Kier molecular flexibility index (Phi) is 5.43. The molecule has 21 heavy (non-hydrogen) atoms. The zero-order chi connectivity index (χ0) is 15.5. The van der Waals surface area contributed by atoms with Gasteiger partial charge in [-0.1, -0.05) is 26.0 Å². The van der Waals surface area contributed by atoms with Crippen molar-refractivity contribution in [1.82, 2.24) is 5.32 Å². The quantitative estimate of drug-likeness (QED) is 0.790. The zero-order valence-electron chi connectivity index (χ0n) is 11.8. The SMILES string of the molecule is CC(C)NCc1cccc(NS(=O)(=O)c2sccc2Br)c1. The summed E-state index contributed by atoms with van der Waals surface area (Å²) in [4.78, 5) is 0. The Morgan fingerprint density at radius 3 is 2.67 bits per heavy atom. The van der Waals surface area contributed by atoms with Gasteiger partial charge in [0.25, 0.3) is 10.0 Å². The van der Waals surface area contributed by atoms with Crippen molar-refractivity contribution in [1.29, 1.82) is 0 Å². The highest BCUT2D eigenvalue weighted by atomic mass is 79.9. The fraction of sp³-hybridized carbons (Fsp3) is 0.286. The van der Waals surface area contributed by atoms with E-state index < -0.39 is 10.0 Å². The van der Waals surface area contributed by atoms with Gasteiger partial charge in [0, 0.05) is 22.7 Å². The Morgan fingerprint density at radius 2 is 2.05 bits per heavy atom. The molecule has 4 nitrogen and oxygen atoms in total. The van der Waals surface area contributed by atoms with Crippen LogP contribution in [0.2, 0.25) is 0 Å². The molecule has 0 atom stereocenters. The summed E-state index contributed by atoms with van der Waals surface area (Å²) in [5.74, 6) is 0. The number of halogens is 1. The Morgan fingerprint density at radius 1 is 1.29 bits per heavy atom. The third kappa shape index (κ3) is 4.54. The topological polar surface area (TPSA) is 58.2 Å². The summed E-state index contributed by atoms with van der Waals surface area (Å²) in [6.07, 6.45) is 0. The van der Waals surface area contributed by atoms with Crippen molar-refractivity contribution in [3.05, 3.63) is 45.7 Å². The second-order valence-electron chi connectivity index (χ2n) is 4.90. The molecule has 2 rings (SSSR count). The van der Waals surface area contributed by atoms with Crippen LogP contribution in [0.3, 0.4) is 0 Å². The van der Waals surface area contributed by atoms with Crippen molar-refractivity contribution in [3.63, 3.8) is 0 Å². The van der Waals surface area contributed by atoms with Crippen LogP contribution in [-0.4, -0.2) is 14.5 Å². The maximum Gasteiger partial charge on any atom is 0.272 e. The van der Waals surface area contributed by atoms with Crippen LogP contribution < -0.4 is 10.0 Å². The van der Waals surface area contributed by atoms with Gasteiger partial charge in [-0.15, -0.1) is 11.3 Å². The molecule has 2 N–H and O–H groups in total. The van der Waals surface area contributed by atoms with Crippen LogP contribution in [0.1, 0.15) is 19.4 Å². The molecule has 0 amide bonds. The van der Waals surface area contributed by atoms with Gasteiger partial charge in [0.05, 0.1) is 0 Å². The highest BCUT2D eigenvalue weighted by Gasteiger charge is 2.19. The summed E-state index contributed by atoms with van der Waals surface area (Å²) in [7, 11) is -3.55. The minimum absolute atomic E-state index is 0.285. The van der Waals surface area contributed by atoms with E-state index >= 15 is 0 Å². The van der Waals surface area contributed by atoms with E-state index in [2.05, 4.69) is 39.8 Å². The summed E-state index contributed by atoms with van der Waals surface area (Å²) in [6.45, 7) is 4.84. The molecule has 0 saturated carbocycles. The van der Waals surface area contributed by atoms with Crippen molar-refractivity contribution < 1.29 is 8.42 Å². The number of hydrogen-bond acceptors (Lipinski definition) is 4. The normalized spacial score (nSPS) is 11.8. The van der Waals surface area contributed by atoms with Crippen LogP contribution in [0.25, 0.3) is 0 Å². The average molecular weight is 389 g/mol. The molecule has 0 aliphatic heterocycles. The van der Waals surface area contributed by atoms with Crippen molar-refractivity contribution in [2.45, 2.75) is 30.6 Å². The first-order chi connectivity index (χ1) is 9.88. The molecule has 0 unspecified atom stereocenters. The van der Waals surface area contributed by atoms with E-state index in [1.54, 1.807) is 17.5 Å². The number of hydrogen-bond donors (Lipinski definition) is 2. The van der Waals surface area contributed by atoms with E-state index in [0.29, 0.717) is 22.7 Å². The Balaban J connectivity index is 2.16. The van der Waals surface area contributed by atoms with Gasteiger partial charge in [0.15, 0.2) is 4.21 Å². The summed E-state index contributed by atoms with van der Waals surface area (Å²) in [5, 5.41) is 5.04. The first kappa shape index (κ1) is 16.5. The van der Waals surface area contributed by atoms with Gasteiger partial charge in [0.1, 0.15) is 0 Å². The Hall–Kier alpha value is -0.890. The van der Waals surface area contributed by atoms with E-state index in [9.17, 15) is 8.42 Å². The van der Waals surface area contributed by atoms with Crippen molar-refractivity contribution in [2.75, 3.05) is 4.72 Å². The van der Waals surface area contributed by atoms with Crippen LogP contribution in [0.4, 0.5) is 5.69 Å². The number of anilines is 1. The Labute approximate surface area is 137 Å². The van der Waals surface area contributed by atoms with Crippen LogP contribution in [0.15, 0.2) is 44.4 Å². The largest absolute Gasteiger partial charge is 0.310 e. The third-order valence-electron chi connectivity index (χ3n) is 2.72. The predicted molar refractivity (Wildman–Crippen MR) is 91.2 cm³/mol. The summed E-state index contributed by atoms with van der Waals surface area (Å²) >= 11 is 4.44. The number of sulfonamides is 1. The van der Waals surface area contributed by atoms with Gasteiger partial charge < -0.3 is 5.32 Å². The molecule has 0 saturated heterocycles. The standard InChI is InChI=1S/C14H17BrN2O2S2/c1-10(2)16-9-11-4-3-5-12(8-11)17-21(18,19)14-13(15)6-7-20-14/h3-8,10,16-17H,9H2,1-2H3.